The minimum atomic E-state index is -0.212. The average molecular weight is 473 g/mol. The summed E-state index contributed by atoms with van der Waals surface area (Å²) in [4.78, 5) is 17.5. The van der Waals surface area contributed by atoms with Gasteiger partial charge in [0.15, 0.2) is 0 Å². The summed E-state index contributed by atoms with van der Waals surface area (Å²) in [6, 6.07) is 13.4. The van der Waals surface area contributed by atoms with Crippen LogP contribution in [0.4, 0.5) is 10.1 Å². The number of hydrogen-bond acceptors (Lipinski definition) is 2. The Kier molecular flexibility index (Phi) is 5.80. The molecule has 0 N–H and O–H groups in total. The number of benzene rings is 2. The molecule has 0 atom stereocenters. The van der Waals surface area contributed by atoms with Crippen LogP contribution in [0.15, 0.2) is 46.9 Å². The van der Waals surface area contributed by atoms with Gasteiger partial charge in [0.2, 0.25) is 5.91 Å². The minimum Gasteiger partial charge on any atom is -0.311 e. The lowest BCUT2D eigenvalue weighted by Gasteiger charge is -2.40. The maximum absolute atomic E-state index is 14.2. The van der Waals surface area contributed by atoms with E-state index in [9.17, 15) is 9.18 Å². The van der Waals surface area contributed by atoms with Crippen LogP contribution in [0.2, 0.25) is 0 Å². The highest BCUT2D eigenvalue weighted by atomic mass is 79.9. The molecule has 1 saturated heterocycles. The van der Waals surface area contributed by atoms with Gasteiger partial charge in [-0.25, -0.2) is 4.39 Å². The molecule has 0 saturated carbocycles. The minimum absolute atomic E-state index is 0.0684. The molecule has 2 aliphatic rings. The Morgan fingerprint density at radius 2 is 1.77 bits per heavy atom. The highest BCUT2D eigenvalue weighted by Crippen LogP contribution is 2.48. The molecule has 3 nitrogen and oxygen atoms in total. The fraction of sp³-hybridized carbons (Fsp3) is 0.480. The molecule has 2 aliphatic heterocycles. The van der Waals surface area contributed by atoms with Crippen molar-refractivity contribution < 1.29 is 9.18 Å². The zero-order valence-electron chi connectivity index (χ0n) is 18.0. The van der Waals surface area contributed by atoms with Crippen LogP contribution in [-0.2, 0) is 16.8 Å². The molecule has 0 aromatic heterocycles. The predicted octanol–water partition coefficient (Wildman–Crippen LogP) is 5.90. The molecule has 2 aromatic rings. The van der Waals surface area contributed by atoms with Gasteiger partial charge in [-0.3, -0.25) is 9.69 Å². The first-order chi connectivity index (χ1) is 14.2. The quantitative estimate of drug-likeness (QED) is 0.554. The van der Waals surface area contributed by atoms with E-state index in [1.165, 1.54) is 11.6 Å². The Morgan fingerprint density at radius 3 is 2.40 bits per heavy atom. The van der Waals surface area contributed by atoms with Gasteiger partial charge in [0.25, 0.3) is 0 Å². The number of carbonyl (C=O) groups excluding carboxylic acids is 1. The number of anilines is 1. The van der Waals surface area contributed by atoms with Crippen LogP contribution in [0, 0.1) is 11.2 Å². The summed E-state index contributed by atoms with van der Waals surface area (Å²) >= 11 is 3.49. The second kappa shape index (κ2) is 8.08. The highest BCUT2D eigenvalue weighted by molar-refractivity contribution is 9.10. The third-order valence-electron chi connectivity index (χ3n) is 6.40. The summed E-state index contributed by atoms with van der Waals surface area (Å²) < 4.78 is 15.3. The maximum Gasteiger partial charge on any atom is 0.227 e. The summed E-state index contributed by atoms with van der Waals surface area (Å²) in [5.41, 5.74) is 3.02. The molecule has 0 radical (unpaired) electrons. The molecule has 2 heterocycles. The Balaban J connectivity index is 1.52. The second-order valence-electron chi connectivity index (χ2n) is 10.1. The van der Waals surface area contributed by atoms with E-state index in [-0.39, 0.29) is 22.6 Å². The van der Waals surface area contributed by atoms with Crippen molar-refractivity contribution in [3.05, 3.63) is 63.9 Å². The first-order valence-electron chi connectivity index (χ1n) is 10.7. The van der Waals surface area contributed by atoms with Gasteiger partial charge in [-0.05, 0) is 72.8 Å². The zero-order chi connectivity index (χ0) is 21.5. The van der Waals surface area contributed by atoms with Crippen LogP contribution in [0.25, 0.3) is 0 Å². The molecule has 0 bridgehead atoms. The van der Waals surface area contributed by atoms with Crippen molar-refractivity contribution in [2.45, 2.75) is 52.0 Å². The number of halogens is 2. The zero-order valence-corrected chi connectivity index (χ0v) is 19.6. The Morgan fingerprint density at radius 1 is 1.10 bits per heavy atom. The summed E-state index contributed by atoms with van der Waals surface area (Å²) in [6.07, 6.45) is 2.38. The van der Waals surface area contributed by atoms with E-state index in [1.54, 1.807) is 12.1 Å². The lowest BCUT2D eigenvalue weighted by molar-refractivity contribution is -0.120. The topological polar surface area (TPSA) is 23.6 Å². The summed E-state index contributed by atoms with van der Waals surface area (Å²) in [5.74, 6) is -0.0694. The molecule has 4 rings (SSSR count). The van der Waals surface area contributed by atoms with Crippen LogP contribution in [0.1, 0.15) is 51.2 Å². The van der Waals surface area contributed by atoms with Crippen molar-refractivity contribution in [2.75, 3.05) is 24.5 Å². The average Bonchev–Trinajstić information content (AvgIpc) is 2.98. The third kappa shape index (κ3) is 4.47. The molecule has 2 aromatic carbocycles. The van der Waals surface area contributed by atoms with E-state index in [1.807, 2.05) is 4.90 Å². The van der Waals surface area contributed by atoms with Crippen molar-refractivity contribution in [1.29, 1.82) is 0 Å². The fourth-order valence-electron chi connectivity index (χ4n) is 4.83. The molecule has 1 spiro atoms. The van der Waals surface area contributed by atoms with E-state index in [0.717, 1.165) is 48.2 Å². The first kappa shape index (κ1) is 21.5. The number of amides is 1. The standard InChI is InChI=1S/C25H30BrFN2O/c1-24(2,3)15-23(30)29-17-25(21-14-20(27)8-9-22(21)29)10-12-28(13-11-25)16-18-4-6-19(26)7-5-18/h4-9,14H,10-13,15-17H2,1-3H3. The van der Waals surface area contributed by atoms with Gasteiger partial charge >= 0.3 is 0 Å². The summed E-state index contributed by atoms with van der Waals surface area (Å²) in [6.45, 7) is 9.76. The number of fused-ring (bicyclic) bond motifs is 2. The van der Waals surface area contributed by atoms with Gasteiger partial charge in [0.05, 0.1) is 0 Å². The van der Waals surface area contributed by atoms with Gasteiger partial charge in [0, 0.05) is 35.1 Å². The van der Waals surface area contributed by atoms with Crippen LogP contribution in [0.5, 0.6) is 0 Å². The van der Waals surface area contributed by atoms with Crippen molar-refractivity contribution in [3.8, 4) is 0 Å². The van der Waals surface area contributed by atoms with Gasteiger partial charge < -0.3 is 4.90 Å². The van der Waals surface area contributed by atoms with Crippen molar-refractivity contribution >= 4 is 27.5 Å². The number of rotatable bonds is 3. The molecule has 30 heavy (non-hydrogen) atoms. The maximum atomic E-state index is 14.2. The molecule has 0 aliphatic carbocycles. The Hall–Kier alpha value is -1.72. The smallest absolute Gasteiger partial charge is 0.227 e. The first-order valence-corrected chi connectivity index (χ1v) is 11.5. The lowest BCUT2D eigenvalue weighted by Crippen LogP contribution is -2.46. The Bertz CT molecular complexity index is 927. The fourth-order valence-corrected chi connectivity index (χ4v) is 5.09. The predicted molar refractivity (Wildman–Crippen MR) is 123 cm³/mol. The van der Waals surface area contributed by atoms with E-state index in [4.69, 9.17) is 0 Å². The van der Waals surface area contributed by atoms with Crippen LogP contribution >= 0.6 is 15.9 Å². The normalized spacial score (nSPS) is 18.6. The SMILES string of the molecule is CC(C)(C)CC(=O)N1CC2(CCN(Cc3ccc(Br)cc3)CC2)c2cc(F)ccc21. The van der Waals surface area contributed by atoms with Gasteiger partial charge in [-0.15, -0.1) is 0 Å². The van der Waals surface area contributed by atoms with Crippen molar-refractivity contribution in [3.63, 3.8) is 0 Å². The second-order valence-corrected chi connectivity index (χ2v) is 11.0. The largest absolute Gasteiger partial charge is 0.311 e. The van der Waals surface area contributed by atoms with Crippen LogP contribution < -0.4 is 4.90 Å². The third-order valence-corrected chi connectivity index (χ3v) is 6.93. The van der Waals surface area contributed by atoms with E-state index < -0.39 is 0 Å². The molecule has 5 heteroatoms. The molecule has 160 valence electrons. The number of nitrogens with zero attached hydrogens (tertiary/aromatic N) is 2. The highest BCUT2D eigenvalue weighted by Gasteiger charge is 2.46. The molecular formula is C25H30BrFN2O. The van der Waals surface area contributed by atoms with Crippen LogP contribution in [-0.4, -0.2) is 30.4 Å². The van der Waals surface area contributed by atoms with Crippen molar-refractivity contribution in [2.24, 2.45) is 5.41 Å². The number of hydrogen-bond donors (Lipinski definition) is 0. The van der Waals surface area contributed by atoms with E-state index in [0.29, 0.717) is 13.0 Å². The Labute approximate surface area is 187 Å². The molecule has 1 fully saturated rings. The summed E-state index contributed by atoms with van der Waals surface area (Å²) in [5, 5.41) is 0. The van der Waals surface area contributed by atoms with Gasteiger partial charge in [-0.1, -0.05) is 48.8 Å². The van der Waals surface area contributed by atoms with Gasteiger partial charge in [-0.2, -0.15) is 0 Å². The molecular weight excluding hydrogens is 443 g/mol. The van der Waals surface area contributed by atoms with Crippen LogP contribution in [0.3, 0.4) is 0 Å². The summed E-state index contributed by atoms with van der Waals surface area (Å²) in [7, 11) is 0. The number of likely N-dealkylation sites (tertiary alicyclic amines) is 1. The van der Waals surface area contributed by atoms with E-state index >= 15 is 0 Å². The molecule has 1 amide bonds. The number of piperidine rings is 1. The van der Waals surface area contributed by atoms with E-state index in [2.05, 4.69) is 65.9 Å². The number of carbonyl (C=O) groups is 1. The van der Waals surface area contributed by atoms with Gasteiger partial charge in [0.1, 0.15) is 5.82 Å². The molecule has 0 unspecified atom stereocenters. The monoisotopic (exact) mass is 472 g/mol. The lowest BCUT2D eigenvalue weighted by atomic mass is 9.74. The van der Waals surface area contributed by atoms with Crippen molar-refractivity contribution in [1.82, 2.24) is 4.90 Å².